The molecule has 22 heavy (non-hydrogen) atoms. The van der Waals surface area contributed by atoms with Crippen molar-refractivity contribution in [2.45, 2.75) is 25.8 Å². The third-order valence-corrected chi connectivity index (χ3v) is 4.96. The van der Waals surface area contributed by atoms with E-state index in [0.717, 1.165) is 35.4 Å². The van der Waals surface area contributed by atoms with Gasteiger partial charge in [0.2, 0.25) is 5.91 Å². The number of likely N-dealkylation sites (tertiary alicyclic amines) is 1. The maximum absolute atomic E-state index is 12.7. The van der Waals surface area contributed by atoms with Gasteiger partial charge in [0.25, 0.3) is 0 Å². The first-order valence-corrected chi connectivity index (χ1v) is 8.03. The van der Waals surface area contributed by atoms with E-state index in [1.807, 2.05) is 23.1 Å². The van der Waals surface area contributed by atoms with Crippen LogP contribution in [-0.4, -0.2) is 41.4 Å². The van der Waals surface area contributed by atoms with Crippen LogP contribution in [0.25, 0.3) is 0 Å². The fourth-order valence-electron chi connectivity index (χ4n) is 3.39. The highest BCUT2D eigenvalue weighted by molar-refractivity contribution is 6.31. The number of carbonyl (C=O) groups excluding carboxylic acids is 2. The number of hydrogen-bond donors (Lipinski definition) is 1. The summed E-state index contributed by atoms with van der Waals surface area (Å²) < 4.78 is 0. The first-order chi connectivity index (χ1) is 10.6. The molecule has 2 N–H and O–H groups in total. The van der Waals surface area contributed by atoms with Crippen LogP contribution in [0.2, 0.25) is 5.02 Å². The topological polar surface area (TPSA) is 66.6 Å². The van der Waals surface area contributed by atoms with E-state index in [1.54, 1.807) is 4.90 Å². The van der Waals surface area contributed by atoms with Crippen LogP contribution in [0.1, 0.15) is 24.0 Å². The van der Waals surface area contributed by atoms with Crippen molar-refractivity contribution in [3.8, 4) is 0 Å². The number of amides is 3. The lowest BCUT2D eigenvalue weighted by atomic mass is 9.94. The molecule has 1 saturated heterocycles. The average molecular weight is 322 g/mol. The largest absolute Gasteiger partial charge is 0.351 e. The van der Waals surface area contributed by atoms with Gasteiger partial charge < -0.3 is 15.5 Å². The van der Waals surface area contributed by atoms with Crippen molar-refractivity contribution in [2.75, 3.05) is 19.6 Å². The van der Waals surface area contributed by atoms with Crippen LogP contribution in [0.5, 0.6) is 0 Å². The zero-order valence-corrected chi connectivity index (χ0v) is 13.2. The van der Waals surface area contributed by atoms with Crippen molar-refractivity contribution in [3.05, 3.63) is 34.3 Å². The molecular weight excluding hydrogens is 302 g/mol. The molecule has 2 heterocycles. The maximum atomic E-state index is 12.7. The molecule has 0 spiro atoms. The molecule has 0 unspecified atom stereocenters. The molecule has 0 bridgehead atoms. The normalized spacial score (nSPS) is 21.4. The summed E-state index contributed by atoms with van der Waals surface area (Å²) in [5, 5.41) is 0.780. The van der Waals surface area contributed by atoms with Crippen molar-refractivity contribution >= 4 is 23.5 Å². The second kappa shape index (κ2) is 6.16. The summed E-state index contributed by atoms with van der Waals surface area (Å²) in [6.07, 6.45) is 2.43. The summed E-state index contributed by atoms with van der Waals surface area (Å²) in [6, 6.07) is 5.40. The highest BCUT2D eigenvalue weighted by Crippen LogP contribution is 2.28. The van der Waals surface area contributed by atoms with E-state index >= 15 is 0 Å². The predicted molar refractivity (Wildman–Crippen MR) is 84.5 cm³/mol. The van der Waals surface area contributed by atoms with Gasteiger partial charge in [-0.2, -0.15) is 0 Å². The minimum atomic E-state index is -0.437. The summed E-state index contributed by atoms with van der Waals surface area (Å²) >= 11 is 6.21. The molecule has 2 aliphatic heterocycles. The number of benzene rings is 1. The van der Waals surface area contributed by atoms with Gasteiger partial charge in [-0.05, 0) is 36.5 Å². The van der Waals surface area contributed by atoms with Crippen LogP contribution in [0, 0.1) is 5.92 Å². The lowest BCUT2D eigenvalue weighted by Gasteiger charge is -2.36. The molecule has 1 aromatic rings. The smallest absolute Gasteiger partial charge is 0.314 e. The van der Waals surface area contributed by atoms with E-state index in [0.29, 0.717) is 26.2 Å². The zero-order chi connectivity index (χ0) is 15.7. The second-order valence-corrected chi connectivity index (χ2v) is 6.42. The quantitative estimate of drug-likeness (QED) is 0.860. The molecule has 118 valence electrons. The first-order valence-electron chi connectivity index (χ1n) is 7.65. The van der Waals surface area contributed by atoms with Crippen LogP contribution in [0.15, 0.2) is 18.2 Å². The van der Waals surface area contributed by atoms with Gasteiger partial charge in [-0.25, -0.2) is 4.79 Å². The van der Waals surface area contributed by atoms with E-state index in [1.165, 1.54) is 0 Å². The van der Waals surface area contributed by atoms with E-state index in [-0.39, 0.29) is 11.8 Å². The number of hydrogen-bond acceptors (Lipinski definition) is 2. The Morgan fingerprint density at radius 1 is 1.23 bits per heavy atom. The third-order valence-electron chi connectivity index (χ3n) is 4.60. The monoisotopic (exact) mass is 321 g/mol. The number of piperidine rings is 1. The Hall–Kier alpha value is -1.75. The van der Waals surface area contributed by atoms with Crippen molar-refractivity contribution in [2.24, 2.45) is 11.7 Å². The van der Waals surface area contributed by atoms with Crippen LogP contribution in [-0.2, 0) is 17.8 Å². The Kier molecular flexibility index (Phi) is 4.25. The number of primary amides is 1. The number of fused-ring (bicyclic) bond motifs is 1. The highest BCUT2D eigenvalue weighted by atomic mass is 35.5. The molecular formula is C16H20ClN3O2. The van der Waals surface area contributed by atoms with Gasteiger partial charge in [-0.15, -0.1) is 0 Å². The minimum absolute atomic E-state index is 0.122. The van der Waals surface area contributed by atoms with Gasteiger partial charge in [0.15, 0.2) is 0 Å². The number of urea groups is 1. The number of nitrogens with two attached hydrogens (primary N) is 1. The molecule has 5 nitrogen and oxygen atoms in total. The molecule has 1 aromatic carbocycles. The van der Waals surface area contributed by atoms with Crippen molar-refractivity contribution < 1.29 is 9.59 Å². The van der Waals surface area contributed by atoms with Gasteiger partial charge in [-0.3, -0.25) is 4.79 Å². The van der Waals surface area contributed by atoms with Gasteiger partial charge in [0.05, 0.1) is 5.92 Å². The lowest BCUT2D eigenvalue weighted by molar-refractivity contribution is -0.137. The Morgan fingerprint density at radius 3 is 2.82 bits per heavy atom. The Morgan fingerprint density at radius 2 is 2.05 bits per heavy atom. The van der Waals surface area contributed by atoms with Gasteiger partial charge >= 0.3 is 6.03 Å². The molecule has 3 amide bonds. The van der Waals surface area contributed by atoms with Crippen LogP contribution in [0.3, 0.4) is 0 Å². The Labute approximate surface area is 135 Å². The second-order valence-electron chi connectivity index (χ2n) is 6.01. The molecule has 0 saturated carbocycles. The molecule has 6 heteroatoms. The number of carbonyl (C=O) groups is 2. The van der Waals surface area contributed by atoms with Gasteiger partial charge in [0, 0.05) is 31.2 Å². The summed E-state index contributed by atoms with van der Waals surface area (Å²) in [5.41, 5.74) is 7.60. The Balaban J connectivity index is 1.70. The van der Waals surface area contributed by atoms with Crippen LogP contribution >= 0.6 is 11.6 Å². The summed E-state index contributed by atoms with van der Waals surface area (Å²) in [7, 11) is 0. The van der Waals surface area contributed by atoms with Gasteiger partial charge in [0.1, 0.15) is 0 Å². The summed E-state index contributed by atoms with van der Waals surface area (Å²) in [6.45, 7) is 2.37. The number of nitrogens with zero attached hydrogens (tertiary/aromatic N) is 2. The molecule has 1 fully saturated rings. The van der Waals surface area contributed by atoms with Crippen molar-refractivity contribution in [3.63, 3.8) is 0 Å². The molecule has 2 aliphatic rings. The molecule has 1 atom stereocenters. The van der Waals surface area contributed by atoms with E-state index in [4.69, 9.17) is 17.3 Å². The maximum Gasteiger partial charge on any atom is 0.314 e. The zero-order valence-electron chi connectivity index (χ0n) is 12.4. The summed E-state index contributed by atoms with van der Waals surface area (Å²) in [5.74, 6) is -0.0152. The van der Waals surface area contributed by atoms with Crippen molar-refractivity contribution in [1.82, 2.24) is 9.80 Å². The molecule has 0 radical (unpaired) electrons. The highest BCUT2D eigenvalue weighted by Gasteiger charge is 2.32. The van der Waals surface area contributed by atoms with Crippen molar-refractivity contribution in [1.29, 1.82) is 0 Å². The Bertz CT molecular complexity index is 605. The SMILES string of the molecule is NC(=O)N1CCC[C@H](C(=O)N2CCc3c(Cl)cccc3C2)C1. The van der Waals surface area contributed by atoms with Crippen LogP contribution < -0.4 is 5.73 Å². The lowest BCUT2D eigenvalue weighted by Crippen LogP contribution is -2.49. The summed E-state index contributed by atoms with van der Waals surface area (Å²) in [4.78, 5) is 27.5. The first kappa shape index (κ1) is 15.2. The standard InChI is InChI=1S/C16H20ClN3O2/c17-14-5-1-3-11-9-19(8-6-13(11)14)15(21)12-4-2-7-20(10-12)16(18)22/h1,3,5,12H,2,4,6-10H2,(H2,18,22)/t12-/m0/s1. The van der Waals surface area contributed by atoms with Gasteiger partial charge in [-0.1, -0.05) is 23.7 Å². The third kappa shape index (κ3) is 2.90. The van der Waals surface area contributed by atoms with Crippen LogP contribution in [0.4, 0.5) is 4.79 Å². The van der Waals surface area contributed by atoms with E-state index < -0.39 is 6.03 Å². The fraction of sp³-hybridized carbons (Fsp3) is 0.500. The van der Waals surface area contributed by atoms with E-state index in [9.17, 15) is 9.59 Å². The molecule has 3 rings (SSSR count). The van der Waals surface area contributed by atoms with E-state index in [2.05, 4.69) is 0 Å². The number of halogens is 1. The average Bonchev–Trinajstić information content (AvgIpc) is 2.54. The molecule has 0 aliphatic carbocycles. The predicted octanol–water partition coefficient (Wildman–Crippen LogP) is 2.02. The minimum Gasteiger partial charge on any atom is -0.351 e. The molecule has 0 aromatic heterocycles. The fourth-order valence-corrected chi connectivity index (χ4v) is 3.68. The number of rotatable bonds is 1.